The van der Waals surface area contributed by atoms with Gasteiger partial charge in [0.25, 0.3) is 0 Å². The van der Waals surface area contributed by atoms with Gasteiger partial charge in [0.15, 0.2) is 0 Å². The van der Waals surface area contributed by atoms with Gasteiger partial charge in [0.2, 0.25) is 0 Å². The molecule has 0 aliphatic carbocycles. The first-order chi connectivity index (χ1) is 12.2. The number of hydrogen-bond acceptors (Lipinski definition) is 2. The molecule has 1 aromatic heterocycles. The second kappa shape index (κ2) is 15.0. The fourth-order valence-electron chi connectivity index (χ4n) is 3.23. The number of aliphatic carboxylic acids is 1. The predicted octanol–water partition coefficient (Wildman–Crippen LogP) is 6.93. The quantitative estimate of drug-likeness (QED) is 0.310. The average molecular weight is 351 g/mol. The van der Waals surface area contributed by atoms with Crippen LogP contribution in [0.4, 0.5) is 0 Å². The van der Waals surface area contributed by atoms with Crippen LogP contribution in [0.3, 0.4) is 0 Å². The number of unbranched alkanes of at least 4 members (excludes halogenated alkanes) is 11. The Hall–Kier alpha value is -1.25. The largest absolute Gasteiger partial charge is 0.481 e. The number of hydrogen-bond donors (Lipinski definition) is 1. The molecule has 3 heteroatoms. The summed E-state index contributed by atoms with van der Waals surface area (Å²) in [7, 11) is 0. The van der Waals surface area contributed by atoms with E-state index >= 15 is 0 Å². The zero-order valence-corrected chi connectivity index (χ0v) is 16.2. The highest BCUT2D eigenvalue weighted by atomic mass is 16.4. The molecular formula is C22H38O3. The van der Waals surface area contributed by atoms with Gasteiger partial charge in [-0.05, 0) is 31.4 Å². The van der Waals surface area contributed by atoms with Crippen LogP contribution in [-0.4, -0.2) is 11.1 Å². The van der Waals surface area contributed by atoms with E-state index in [-0.39, 0.29) is 0 Å². The standard InChI is InChI=1S/C22H38O3/c1-2-3-12-15-20-18-19-21(25-20)16-13-10-8-6-4-5-7-9-11-14-17-22(23)24/h18-19H,2-17H2,1H3,(H,23,24). The van der Waals surface area contributed by atoms with E-state index in [1.807, 2.05) is 0 Å². The van der Waals surface area contributed by atoms with Crippen molar-refractivity contribution in [3.8, 4) is 0 Å². The van der Waals surface area contributed by atoms with Gasteiger partial charge >= 0.3 is 5.97 Å². The molecule has 0 saturated carbocycles. The van der Waals surface area contributed by atoms with Crippen LogP contribution < -0.4 is 0 Å². The third kappa shape index (κ3) is 12.7. The highest BCUT2D eigenvalue weighted by molar-refractivity contribution is 5.66. The Labute approximate surface area is 154 Å². The molecule has 0 unspecified atom stereocenters. The van der Waals surface area contributed by atoms with Crippen LogP contribution in [0.25, 0.3) is 0 Å². The fraction of sp³-hybridized carbons (Fsp3) is 0.773. The molecule has 0 atom stereocenters. The molecule has 1 heterocycles. The van der Waals surface area contributed by atoms with Crippen LogP contribution in [0.1, 0.15) is 108 Å². The minimum Gasteiger partial charge on any atom is -0.481 e. The van der Waals surface area contributed by atoms with Gasteiger partial charge in [-0.2, -0.15) is 0 Å². The van der Waals surface area contributed by atoms with Gasteiger partial charge in [-0.3, -0.25) is 4.79 Å². The summed E-state index contributed by atoms with van der Waals surface area (Å²) in [5.41, 5.74) is 0. The molecule has 0 amide bonds. The lowest BCUT2D eigenvalue weighted by molar-refractivity contribution is -0.137. The van der Waals surface area contributed by atoms with E-state index < -0.39 is 5.97 Å². The van der Waals surface area contributed by atoms with Crippen LogP contribution in [0.2, 0.25) is 0 Å². The van der Waals surface area contributed by atoms with Gasteiger partial charge < -0.3 is 9.52 Å². The van der Waals surface area contributed by atoms with Crippen molar-refractivity contribution in [2.75, 3.05) is 0 Å². The van der Waals surface area contributed by atoms with E-state index in [4.69, 9.17) is 9.52 Å². The molecule has 0 aliphatic rings. The first kappa shape index (κ1) is 21.8. The van der Waals surface area contributed by atoms with Crippen molar-refractivity contribution in [2.24, 2.45) is 0 Å². The summed E-state index contributed by atoms with van der Waals surface area (Å²) in [4.78, 5) is 10.4. The van der Waals surface area contributed by atoms with E-state index in [9.17, 15) is 4.79 Å². The van der Waals surface area contributed by atoms with Gasteiger partial charge in [0.1, 0.15) is 11.5 Å². The lowest BCUT2D eigenvalue weighted by Gasteiger charge is -2.02. The topological polar surface area (TPSA) is 50.4 Å². The predicted molar refractivity (Wildman–Crippen MR) is 104 cm³/mol. The minimum absolute atomic E-state index is 0.329. The van der Waals surface area contributed by atoms with Crippen molar-refractivity contribution >= 4 is 5.97 Å². The Morgan fingerprint density at radius 3 is 1.68 bits per heavy atom. The summed E-state index contributed by atoms with van der Waals surface area (Å²) in [6.45, 7) is 2.23. The summed E-state index contributed by atoms with van der Waals surface area (Å²) in [6, 6.07) is 4.31. The van der Waals surface area contributed by atoms with Crippen LogP contribution in [0.5, 0.6) is 0 Å². The summed E-state index contributed by atoms with van der Waals surface area (Å²) in [5, 5.41) is 8.57. The Kier molecular flexibility index (Phi) is 13.1. The maximum Gasteiger partial charge on any atom is 0.303 e. The van der Waals surface area contributed by atoms with Gasteiger partial charge in [-0.25, -0.2) is 0 Å². The molecule has 0 bridgehead atoms. The smallest absolute Gasteiger partial charge is 0.303 e. The van der Waals surface area contributed by atoms with Gasteiger partial charge in [0, 0.05) is 19.3 Å². The molecule has 1 aromatic rings. The molecule has 144 valence electrons. The van der Waals surface area contributed by atoms with Crippen molar-refractivity contribution < 1.29 is 14.3 Å². The van der Waals surface area contributed by atoms with Crippen molar-refractivity contribution in [2.45, 2.75) is 110 Å². The van der Waals surface area contributed by atoms with Gasteiger partial charge in [-0.1, -0.05) is 71.1 Å². The van der Waals surface area contributed by atoms with E-state index in [2.05, 4.69) is 19.1 Å². The van der Waals surface area contributed by atoms with E-state index in [1.54, 1.807) is 0 Å². The minimum atomic E-state index is -0.665. The number of carbonyl (C=O) groups is 1. The number of furan rings is 1. The molecule has 0 spiro atoms. The van der Waals surface area contributed by atoms with Crippen molar-refractivity contribution in [1.82, 2.24) is 0 Å². The van der Waals surface area contributed by atoms with E-state index in [0.29, 0.717) is 6.42 Å². The summed E-state index contributed by atoms with van der Waals surface area (Å²) in [6.07, 6.45) is 18.4. The monoisotopic (exact) mass is 350 g/mol. The molecular weight excluding hydrogens is 312 g/mol. The second-order valence-corrected chi connectivity index (χ2v) is 7.25. The molecule has 1 N–H and O–H groups in total. The van der Waals surface area contributed by atoms with Crippen LogP contribution >= 0.6 is 0 Å². The zero-order valence-electron chi connectivity index (χ0n) is 16.2. The zero-order chi connectivity index (χ0) is 18.2. The van der Waals surface area contributed by atoms with E-state index in [0.717, 1.165) is 37.2 Å². The fourth-order valence-corrected chi connectivity index (χ4v) is 3.23. The SMILES string of the molecule is CCCCCc1ccc(CCCCCCCCCCCCC(=O)O)o1. The number of rotatable bonds is 17. The maximum atomic E-state index is 10.4. The van der Waals surface area contributed by atoms with Crippen molar-refractivity contribution in [3.63, 3.8) is 0 Å². The molecule has 3 nitrogen and oxygen atoms in total. The molecule has 1 rings (SSSR count). The van der Waals surface area contributed by atoms with Crippen molar-refractivity contribution in [3.05, 3.63) is 23.7 Å². The van der Waals surface area contributed by atoms with Gasteiger partial charge in [0.05, 0.1) is 0 Å². The number of aryl methyl sites for hydroxylation is 2. The van der Waals surface area contributed by atoms with Crippen molar-refractivity contribution in [1.29, 1.82) is 0 Å². The molecule has 0 radical (unpaired) electrons. The molecule has 0 saturated heterocycles. The second-order valence-electron chi connectivity index (χ2n) is 7.25. The Morgan fingerprint density at radius 2 is 1.20 bits per heavy atom. The summed E-state index contributed by atoms with van der Waals surface area (Å²) in [5.74, 6) is 1.65. The lowest BCUT2D eigenvalue weighted by Crippen LogP contribution is -1.93. The average Bonchev–Trinajstić information content (AvgIpc) is 3.03. The normalized spacial score (nSPS) is 11.1. The summed E-state index contributed by atoms with van der Waals surface area (Å²) >= 11 is 0. The third-order valence-electron chi connectivity index (χ3n) is 4.81. The maximum absolute atomic E-state index is 10.4. The Morgan fingerprint density at radius 1 is 0.760 bits per heavy atom. The lowest BCUT2D eigenvalue weighted by atomic mass is 10.0. The van der Waals surface area contributed by atoms with Crippen LogP contribution in [-0.2, 0) is 17.6 Å². The number of carboxylic acid groups (broad SMARTS) is 1. The first-order valence-electron chi connectivity index (χ1n) is 10.5. The molecule has 25 heavy (non-hydrogen) atoms. The molecule has 0 aromatic carbocycles. The molecule has 0 fully saturated rings. The summed E-state index contributed by atoms with van der Waals surface area (Å²) < 4.78 is 5.90. The van der Waals surface area contributed by atoms with Crippen LogP contribution in [0, 0.1) is 0 Å². The van der Waals surface area contributed by atoms with Crippen LogP contribution in [0.15, 0.2) is 16.5 Å². The third-order valence-corrected chi connectivity index (χ3v) is 4.81. The molecule has 0 aliphatic heterocycles. The Bertz CT molecular complexity index is 436. The Balaban J connectivity index is 1.86. The highest BCUT2D eigenvalue weighted by Crippen LogP contribution is 2.16. The highest BCUT2D eigenvalue weighted by Gasteiger charge is 2.02. The van der Waals surface area contributed by atoms with Gasteiger partial charge in [-0.15, -0.1) is 0 Å². The first-order valence-corrected chi connectivity index (χ1v) is 10.5. The number of carboxylic acids is 1. The van der Waals surface area contributed by atoms with E-state index in [1.165, 1.54) is 70.6 Å².